The van der Waals surface area contributed by atoms with Crippen molar-refractivity contribution in [2.75, 3.05) is 13.2 Å². The Morgan fingerprint density at radius 2 is 1.76 bits per heavy atom. The number of halogens is 1. The zero-order chi connectivity index (χ0) is 14.9. The van der Waals surface area contributed by atoms with Crippen molar-refractivity contribution in [3.05, 3.63) is 65.5 Å². The van der Waals surface area contributed by atoms with Crippen molar-refractivity contribution in [2.45, 2.75) is 13.0 Å². The molecular weight excluding hydrogens is 269 g/mol. The maximum absolute atomic E-state index is 13.3. The summed E-state index contributed by atoms with van der Waals surface area (Å²) < 4.78 is 24.3. The second-order valence-electron chi connectivity index (χ2n) is 4.48. The first-order valence-corrected chi connectivity index (χ1v) is 6.74. The molecule has 0 amide bonds. The predicted octanol–water partition coefficient (Wildman–Crippen LogP) is 3.68. The van der Waals surface area contributed by atoms with Crippen LogP contribution in [0.4, 0.5) is 4.39 Å². The Morgan fingerprint density at radius 3 is 2.48 bits per heavy atom. The molecule has 0 saturated carbocycles. The van der Waals surface area contributed by atoms with Gasteiger partial charge in [-0.05, 0) is 30.3 Å². The normalized spacial score (nSPS) is 10.1. The van der Waals surface area contributed by atoms with E-state index in [-0.39, 0.29) is 12.4 Å². The molecule has 0 heterocycles. The molecule has 2 rings (SSSR count). The molecule has 0 aliphatic heterocycles. The van der Waals surface area contributed by atoms with Gasteiger partial charge in [0.2, 0.25) is 0 Å². The summed E-state index contributed by atoms with van der Waals surface area (Å²) in [5.41, 5.74) is 1.17. The first-order valence-electron chi connectivity index (χ1n) is 6.74. The second-order valence-corrected chi connectivity index (χ2v) is 4.48. The Labute approximate surface area is 123 Å². The molecule has 0 radical (unpaired) electrons. The number of nitrogens with zero attached hydrogens (tertiary/aromatic N) is 1. The average molecular weight is 285 g/mol. The Kier molecular flexibility index (Phi) is 5.74. The first kappa shape index (κ1) is 15.0. The Morgan fingerprint density at radius 1 is 1.00 bits per heavy atom. The molecule has 0 fully saturated rings. The van der Waals surface area contributed by atoms with Crippen molar-refractivity contribution in [1.29, 1.82) is 5.26 Å². The minimum Gasteiger partial charge on any atom is -0.494 e. The topological polar surface area (TPSA) is 42.2 Å². The lowest BCUT2D eigenvalue weighted by atomic mass is 10.2. The summed E-state index contributed by atoms with van der Waals surface area (Å²) in [5, 5.41) is 8.68. The van der Waals surface area contributed by atoms with Crippen LogP contribution in [0.1, 0.15) is 17.5 Å². The van der Waals surface area contributed by atoms with Crippen molar-refractivity contribution >= 4 is 0 Å². The summed E-state index contributed by atoms with van der Waals surface area (Å²) in [6.45, 7) is 1.29. The lowest BCUT2D eigenvalue weighted by molar-refractivity contribution is 0.105. The van der Waals surface area contributed by atoms with Crippen LogP contribution in [-0.2, 0) is 11.3 Å². The van der Waals surface area contributed by atoms with Gasteiger partial charge in [0.25, 0.3) is 0 Å². The highest BCUT2D eigenvalue weighted by atomic mass is 19.1. The highest BCUT2D eigenvalue weighted by Crippen LogP contribution is 2.12. The van der Waals surface area contributed by atoms with Gasteiger partial charge in [0.15, 0.2) is 0 Å². The van der Waals surface area contributed by atoms with E-state index < -0.39 is 0 Å². The molecule has 0 aromatic heterocycles. The van der Waals surface area contributed by atoms with Gasteiger partial charge < -0.3 is 9.47 Å². The van der Waals surface area contributed by atoms with E-state index in [1.807, 2.05) is 0 Å². The number of benzene rings is 2. The van der Waals surface area contributed by atoms with Crippen LogP contribution in [0.25, 0.3) is 0 Å². The van der Waals surface area contributed by atoms with Gasteiger partial charge in [-0.3, -0.25) is 0 Å². The lowest BCUT2D eigenvalue weighted by Crippen LogP contribution is -2.04. The van der Waals surface area contributed by atoms with Gasteiger partial charge in [-0.15, -0.1) is 0 Å². The molecule has 21 heavy (non-hydrogen) atoms. The van der Waals surface area contributed by atoms with Gasteiger partial charge in [0.1, 0.15) is 11.6 Å². The Balaban J connectivity index is 1.62. The van der Waals surface area contributed by atoms with E-state index in [0.29, 0.717) is 30.8 Å². The summed E-state index contributed by atoms with van der Waals surface area (Å²) in [4.78, 5) is 0. The molecule has 0 N–H and O–H groups in total. The molecule has 0 bridgehead atoms. The van der Waals surface area contributed by atoms with E-state index in [4.69, 9.17) is 14.7 Å². The fraction of sp³-hybridized carbons (Fsp3) is 0.235. The summed E-state index contributed by atoms with van der Waals surface area (Å²) in [7, 11) is 0. The van der Waals surface area contributed by atoms with Gasteiger partial charge in [-0.2, -0.15) is 5.26 Å². The summed E-state index contributed by atoms with van der Waals surface area (Å²) in [6, 6.07) is 15.6. The predicted molar refractivity (Wildman–Crippen MR) is 77.3 cm³/mol. The molecule has 2 aromatic rings. The third-order valence-corrected chi connectivity index (χ3v) is 2.90. The number of hydrogen-bond acceptors (Lipinski definition) is 3. The highest BCUT2D eigenvalue weighted by molar-refractivity contribution is 5.34. The SMILES string of the molecule is N#Cc1ccc(OCCCOCc2ccccc2F)cc1. The largest absolute Gasteiger partial charge is 0.494 e. The monoisotopic (exact) mass is 285 g/mol. The number of nitriles is 1. The number of ether oxygens (including phenoxy) is 2. The van der Waals surface area contributed by atoms with Crippen LogP contribution < -0.4 is 4.74 Å². The molecule has 0 saturated heterocycles. The van der Waals surface area contributed by atoms with Crippen molar-refractivity contribution in [1.82, 2.24) is 0 Å². The Bertz CT molecular complexity index is 605. The molecule has 4 heteroatoms. The molecular formula is C17H16FNO2. The molecule has 3 nitrogen and oxygen atoms in total. The van der Waals surface area contributed by atoms with Crippen molar-refractivity contribution in [3.8, 4) is 11.8 Å². The quantitative estimate of drug-likeness (QED) is 0.729. The maximum Gasteiger partial charge on any atom is 0.128 e. The van der Waals surface area contributed by atoms with Crippen molar-refractivity contribution in [2.24, 2.45) is 0 Å². The lowest BCUT2D eigenvalue weighted by Gasteiger charge is -2.07. The van der Waals surface area contributed by atoms with Crippen LogP contribution in [0.3, 0.4) is 0 Å². The van der Waals surface area contributed by atoms with Crippen LogP contribution in [0, 0.1) is 17.1 Å². The van der Waals surface area contributed by atoms with E-state index in [1.54, 1.807) is 42.5 Å². The van der Waals surface area contributed by atoms with Crippen molar-refractivity contribution in [3.63, 3.8) is 0 Å². The molecule has 0 aliphatic carbocycles. The van der Waals surface area contributed by atoms with Crippen LogP contribution in [0.2, 0.25) is 0 Å². The molecule has 0 unspecified atom stereocenters. The summed E-state index contributed by atoms with van der Waals surface area (Å²) in [6.07, 6.45) is 0.717. The van der Waals surface area contributed by atoms with E-state index in [1.165, 1.54) is 6.07 Å². The van der Waals surface area contributed by atoms with Gasteiger partial charge in [0, 0.05) is 12.0 Å². The molecule has 0 spiro atoms. The van der Waals surface area contributed by atoms with Gasteiger partial charge in [-0.25, -0.2) is 4.39 Å². The van der Waals surface area contributed by atoms with Crippen LogP contribution in [0.5, 0.6) is 5.75 Å². The maximum atomic E-state index is 13.3. The third kappa shape index (κ3) is 4.90. The van der Waals surface area contributed by atoms with Crippen LogP contribution in [0.15, 0.2) is 48.5 Å². The summed E-state index contributed by atoms with van der Waals surface area (Å²) in [5.74, 6) is 0.481. The van der Waals surface area contributed by atoms with Crippen LogP contribution in [-0.4, -0.2) is 13.2 Å². The zero-order valence-electron chi connectivity index (χ0n) is 11.6. The molecule has 2 aromatic carbocycles. The van der Waals surface area contributed by atoms with Gasteiger partial charge >= 0.3 is 0 Å². The van der Waals surface area contributed by atoms with Gasteiger partial charge in [-0.1, -0.05) is 18.2 Å². The highest BCUT2D eigenvalue weighted by Gasteiger charge is 2.00. The fourth-order valence-corrected chi connectivity index (χ4v) is 1.77. The first-order chi connectivity index (χ1) is 10.3. The molecule has 0 atom stereocenters. The summed E-state index contributed by atoms with van der Waals surface area (Å²) >= 11 is 0. The van der Waals surface area contributed by atoms with Crippen molar-refractivity contribution < 1.29 is 13.9 Å². The average Bonchev–Trinajstić information content (AvgIpc) is 2.53. The van der Waals surface area contributed by atoms with Gasteiger partial charge in [0.05, 0.1) is 31.5 Å². The minimum atomic E-state index is -0.244. The minimum absolute atomic E-state index is 0.244. The smallest absolute Gasteiger partial charge is 0.128 e. The standard InChI is InChI=1S/C17H16FNO2/c18-17-5-2-1-4-15(17)13-20-10-3-11-21-16-8-6-14(12-19)7-9-16/h1-2,4-9H,3,10-11,13H2. The van der Waals surface area contributed by atoms with E-state index in [0.717, 1.165) is 5.75 Å². The number of hydrogen-bond donors (Lipinski definition) is 0. The van der Waals surface area contributed by atoms with E-state index >= 15 is 0 Å². The zero-order valence-corrected chi connectivity index (χ0v) is 11.6. The second kappa shape index (κ2) is 8.03. The van der Waals surface area contributed by atoms with E-state index in [9.17, 15) is 4.39 Å². The third-order valence-electron chi connectivity index (χ3n) is 2.90. The van der Waals surface area contributed by atoms with E-state index in [2.05, 4.69) is 6.07 Å². The molecule has 0 aliphatic rings. The molecule has 108 valence electrons. The number of rotatable bonds is 7. The fourth-order valence-electron chi connectivity index (χ4n) is 1.77. The Hall–Kier alpha value is -2.38. The van der Waals surface area contributed by atoms with Crippen LogP contribution >= 0.6 is 0 Å².